The molecule has 2 rings (SSSR count). The summed E-state index contributed by atoms with van der Waals surface area (Å²) in [5.41, 5.74) is -0.0941. The predicted octanol–water partition coefficient (Wildman–Crippen LogP) is 5.63. The predicted molar refractivity (Wildman–Crippen MR) is 74.4 cm³/mol. The fraction of sp³-hybridized carbons (Fsp3) is 0.357. The SMILES string of the molecule is CCC(F)c1[c]sc(Cc2ncc(C(F)(F)F)cc2Cl)c1. The quantitative estimate of drug-likeness (QED) is 0.660. The van der Waals surface area contributed by atoms with Crippen LogP contribution in [0.25, 0.3) is 0 Å². The minimum atomic E-state index is -4.47. The maximum absolute atomic E-state index is 13.5. The Morgan fingerprint density at radius 2 is 2.10 bits per heavy atom. The summed E-state index contributed by atoms with van der Waals surface area (Å²) in [7, 11) is 0. The van der Waals surface area contributed by atoms with E-state index >= 15 is 0 Å². The highest BCUT2D eigenvalue weighted by Gasteiger charge is 2.31. The topological polar surface area (TPSA) is 12.9 Å². The van der Waals surface area contributed by atoms with Gasteiger partial charge >= 0.3 is 6.18 Å². The van der Waals surface area contributed by atoms with Gasteiger partial charge in [0.2, 0.25) is 0 Å². The molecule has 0 fully saturated rings. The van der Waals surface area contributed by atoms with Crippen LogP contribution in [-0.2, 0) is 12.6 Å². The third kappa shape index (κ3) is 3.95. The summed E-state index contributed by atoms with van der Waals surface area (Å²) in [5, 5.41) is 2.80. The van der Waals surface area contributed by atoms with Gasteiger partial charge in [0.15, 0.2) is 0 Å². The molecule has 0 saturated heterocycles. The lowest BCUT2D eigenvalue weighted by Gasteiger charge is -2.08. The lowest BCUT2D eigenvalue weighted by molar-refractivity contribution is -0.137. The van der Waals surface area contributed by atoms with Crippen molar-refractivity contribution in [1.82, 2.24) is 4.98 Å². The van der Waals surface area contributed by atoms with E-state index < -0.39 is 17.9 Å². The number of halogens is 5. The van der Waals surface area contributed by atoms with Gasteiger partial charge in [0, 0.05) is 23.1 Å². The van der Waals surface area contributed by atoms with Gasteiger partial charge in [-0.25, -0.2) is 4.39 Å². The van der Waals surface area contributed by atoms with Crippen LogP contribution in [0, 0.1) is 5.38 Å². The third-order valence-electron chi connectivity index (χ3n) is 2.90. The monoisotopic (exact) mass is 336 g/mol. The van der Waals surface area contributed by atoms with Crippen molar-refractivity contribution in [3.8, 4) is 0 Å². The zero-order valence-corrected chi connectivity index (χ0v) is 12.5. The average molecular weight is 337 g/mol. The molecule has 0 aliphatic carbocycles. The van der Waals surface area contributed by atoms with Crippen molar-refractivity contribution < 1.29 is 17.6 Å². The van der Waals surface area contributed by atoms with Crippen LogP contribution in [0.5, 0.6) is 0 Å². The Hall–Kier alpha value is -1.14. The Morgan fingerprint density at radius 3 is 2.67 bits per heavy atom. The van der Waals surface area contributed by atoms with Crippen molar-refractivity contribution in [2.75, 3.05) is 0 Å². The van der Waals surface area contributed by atoms with Gasteiger partial charge < -0.3 is 0 Å². The van der Waals surface area contributed by atoms with Gasteiger partial charge in [0.25, 0.3) is 0 Å². The first-order valence-electron chi connectivity index (χ1n) is 6.17. The highest BCUT2D eigenvalue weighted by atomic mass is 35.5. The summed E-state index contributed by atoms with van der Waals surface area (Å²) >= 11 is 7.06. The molecule has 0 N–H and O–H groups in total. The van der Waals surface area contributed by atoms with E-state index in [0.717, 1.165) is 17.1 Å². The van der Waals surface area contributed by atoms with Crippen LogP contribution >= 0.6 is 22.9 Å². The van der Waals surface area contributed by atoms with Crippen molar-refractivity contribution in [3.05, 3.63) is 50.4 Å². The highest BCUT2D eigenvalue weighted by Crippen LogP contribution is 2.32. The van der Waals surface area contributed by atoms with Gasteiger partial charge in [-0.2, -0.15) is 13.2 Å². The fourth-order valence-corrected chi connectivity index (χ4v) is 2.80. The lowest BCUT2D eigenvalue weighted by Crippen LogP contribution is -2.06. The molecule has 0 aliphatic heterocycles. The molecular formula is C14H11ClF4NS. The molecule has 1 atom stereocenters. The largest absolute Gasteiger partial charge is 0.417 e. The number of thiophene rings is 1. The maximum atomic E-state index is 13.5. The van der Waals surface area contributed by atoms with Gasteiger partial charge in [-0.1, -0.05) is 18.5 Å². The van der Waals surface area contributed by atoms with Gasteiger partial charge in [0.05, 0.1) is 21.7 Å². The highest BCUT2D eigenvalue weighted by molar-refractivity contribution is 7.09. The van der Waals surface area contributed by atoms with Crippen molar-refractivity contribution in [3.63, 3.8) is 0 Å². The Morgan fingerprint density at radius 1 is 1.38 bits per heavy atom. The van der Waals surface area contributed by atoms with Gasteiger partial charge in [-0.15, -0.1) is 11.3 Å². The number of rotatable bonds is 4. The molecule has 21 heavy (non-hydrogen) atoms. The number of pyridine rings is 1. The van der Waals surface area contributed by atoms with Crippen LogP contribution < -0.4 is 0 Å². The Balaban J connectivity index is 2.18. The van der Waals surface area contributed by atoms with Gasteiger partial charge in [-0.3, -0.25) is 4.98 Å². The van der Waals surface area contributed by atoms with Crippen LogP contribution in [0.1, 0.15) is 41.2 Å². The summed E-state index contributed by atoms with van der Waals surface area (Å²) in [6.07, 6.45) is -4.18. The molecule has 2 aromatic heterocycles. The van der Waals surface area contributed by atoms with Crippen molar-refractivity contribution in [2.24, 2.45) is 0 Å². The van der Waals surface area contributed by atoms with Crippen molar-refractivity contribution in [1.29, 1.82) is 0 Å². The van der Waals surface area contributed by atoms with Crippen molar-refractivity contribution in [2.45, 2.75) is 32.1 Å². The standard InChI is InChI=1S/C14H11ClF4NS/c1-2-12(16)8-3-10(21-7-8)5-13-11(15)4-9(6-20-13)14(17,18)19/h3-4,6,12H,2,5H2,1H3. The molecule has 0 amide bonds. The van der Waals surface area contributed by atoms with E-state index in [1.807, 2.05) is 0 Å². The maximum Gasteiger partial charge on any atom is 0.417 e. The molecule has 0 spiro atoms. The van der Waals surface area contributed by atoms with E-state index in [1.165, 1.54) is 11.3 Å². The average Bonchev–Trinajstić information content (AvgIpc) is 2.87. The minimum absolute atomic E-state index is 0.0490. The molecule has 2 heterocycles. The number of hydrogen-bond acceptors (Lipinski definition) is 2. The zero-order chi connectivity index (χ0) is 15.6. The van der Waals surface area contributed by atoms with E-state index in [1.54, 1.807) is 13.0 Å². The Kier molecular flexibility index (Phi) is 4.88. The number of hydrogen-bond donors (Lipinski definition) is 0. The van der Waals surface area contributed by atoms with Crippen molar-refractivity contribution >= 4 is 22.9 Å². The first-order chi connectivity index (χ1) is 9.81. The lowest BCUT2D eigenvalue weighted by atomic mass is 10.1. The van der Waals surface area contributed by atoms with E-state index in [4.69, 9.17) is 11.6 Å². The molecule has 0 saturated carbocycles. The molecule has 1 radical (unpaired) electrons. The summed E-state index contributed by atoms with van der Waals surface area (Å²) in [5.74, 6) is 0. The number of alkyl halides is 4. The second-order valence-corrected chi connectivity index (χ2v) is 5.81. The number of aromatic nitrogens is 1. The molecule has 2 aromatic rings. The minimum Gasteiger partial charge on any atom is -0.259 e. The summed E-state index contributed by atoms with van der Waals surface area (Å²) in [6.45, 7) is 1.73. The van der Waals surface area contributed by atoms with E-state index in [0.29, 0.717) is 17.7 Å². The molecular weight excluding hydrogens is 326 g/mol. The van der Waals surface area contributed by atoms with E-state index in [-0.39, 0.29) is 11.4 Å². The summed E-state index contributed by atoms with van der Waals surface area (Å²) in [4.78, 5) is 4.52. The smallest absolute Gasteiger partial charge is 0.259 e. The second-order valence-electron chi connectivity index (χ2n) is 4.47. The molecule has 0 aromatic carbocycles. The van der Waals surface area contributed by atoms with E-state index in [2.05, 4.69) is 10.4 Å². The normalized spacial score (nSPS) is 13.4. The van der Waals surface area contributed by atoms with Crippen LogP contribution in [0.4, 0.5) is 17.6 Å². The van der Waals surface area contributed by atoms with Gasteiger partial charge in [0.1, 0.15) is 6.17 Å². The molecule has 7 heteroatoms. The first kappa shape index (κ1) is 16.2. The Bertz CT molecular complexity index is 624. The molecule has 1 nitrogen and oxygen atoms in total. The van der Waals surface area contributed by atoms with Crippen LogP contribution in [0.3, 0.4) is 0 Å². The third-order valence-corrected chi connectivity index (χ3v) is 4.09. The Labute approximate surface area is 128 Å². The second kappa shape index (κ2) is 6.32. The van der Waals surface area contributed by atoms with Crippen LogP contribution in [0.2, 0.25) is 5.02 Å². The number of nitrogens with zero attached hydrogens (tertiary/aromatic N) is 1. The fourth-order valence-electron chi connectivity index (χ4n) is 1.73. The summed E-state index contributed by atoms with van der Waals surface area (Å²) in [6, 6.07) is 2.50. The summed E-state index contributed by atoms with van der Waals surface area (Å²) < 4.78 is 51.0. The molecule has 0 aliphatic rings. The molecule has 0 bridgehead atoms. The van der Waals surface area contributed by atoms with Gasteiger partial charge in [-0.05, 0) is 18.6 Å². The first-order valence-corrected chi connectivity index (χ1v) is 7.36. The van der Waals surface area contributed by atoms with Crippen LogP contribution in [-0.4, -0.2) is 4.98 Å². The zero-order valence-electron chi connectivity index (χ0n) is 11.0. The van der Waals surface area contributed by atoms with Crippen LogP contribution in [0.15, 0.2) is 18.3 Å². The van der Waals surface area contributed by atoms with E-state index in [9.17, 15) is 17.6 Å². The molecule has 1 unspecified atom stereocenters. The molecule has 113 valence electrons.